The van der Waals surface area contributed by atoms with Crippen molar-refractivity contribution in [2.75, 3.05) is 19.6 Å². The SMILES string of the molecule is I.NC(=NCCc1cccs1)NCCNC(=O)c1ccc(C(F)(F)F)cc1. The number of aliphatic imine (C=N–C) groups is 1. The quantitative estimate of drug-likeness (QED) is 0.231. The third kappa shape index (κ3) is 8.16. The number of alkyl halides is 3. The molecule has 2 rings (SSSR count). The first-order valence-corrected chi connectivity index (χ1v) is 8.76. The molecule has 0 aliphatic carbocycles. The van der Waals surface area contributed by atoms with Gasteiger partial charge in [0.05, 0.1) is 5.56 Å². The summed E-state index contributed by atoms with van der Waals surface area (Å²) in [5.74, 6) is -0.168. The minimum Gasteiger partial charge on any atom is -0.370 e. The minimum atomic E-state index is -4.42. The van der Waals surface area contributed by atoms with Crippen LogP contribution >= 0.6 is 35.3 Å². The van der Waals surface area contributed by atoms with Gasteiger partial charge in [0.15, 0.2) is 5.96 Å². The third-order valence-corrected chi connectivity index (χ3v) is 4.35. The Morgan fingerprint density at radius 1 is 1.11 bits per heavy atom. The van der Waals surface area contributed by atoms with Gasteiger partial charge in [-0.25, -0.2) is 0 Å². The molecule has 1 amide bonds. The molecule has 1 aromatic carbocycles. The number of carbonyl (C=O) groups excluding carboxylic acids is 1. The topological polar surface area (TPSA) is 79.5 Å². The van der Waals surface area contributed by atoms with Gasteiger partial charge in [-0.1, -0.05) is 6.07 Å². The molecule has 4 N–H and O–H groups in total. The number of hydrogen-bond donors (Lipinski definition) is 3. The molecule has 0 saturated heterocycles. The second kappa shape index (κ2) is 11.1. The number of rotatable bonds is 7. The second-order valence-corrected chi connectivity index (χ2v) is 6.39. The summed E-state index contributed by atoms with van der Waals surface area (Å²) in [7, 11) is 0. The fourth-order valence-corrected chi connectivity index (χ4v) is 2.77. The van der Waals surface area contributed by atoms with Crippen molar-refractivity contribution in [3.63, 3.8) is 0 Å². The van der Waals surface area contributed by atoms with E-state index in [0.717, 1.165) is 30.7 Å². The fourth-order valence-electron chi connectivity index (χ4n) is 2.08. The number of benzene rings is 1. The molecule has 148 valence electrons. The summed E-state index contributed by atoms with van der Waals surface area (Å²) >= 11 is 1.66. The summed E-state index contributed by atoms with van der Waals surface area (Å²) in [6, 6.07) is 8.06. The predicted molar refractivity (Wildman–Crippen MR) is 112 cm³/mol. The van der Waals surface area contributed by atoms with Gasteiger partial charge < -0.3 is 16.4 Å². The average molecular weight is 512 g/mol. The standard InChI is InChI=1S/C17H19F3N4OS.HI/c18-17(19,20)13-5-3-12(4-6-13)15(25)22-9-10-24-16(21)23-8-7-14-2-1-11-26-14;/h1-6,11H,7-10H2,(H,22,25)(H3,21,23,24);1H. The predicted octanol–water partition coefficient (Wildman–Crippen LogP) is 3.26. The average Bonchev–Trinajstić information content (AvgIpc) is 3.11. The smallest absolute Gasteiger partial charge is 0.370 e. The van der Waals surface area contributed by atoms with Crippen molar-refractivity contribution < 1.29 is 18.0 Å². The highest BCUT2D eigenvalue weighted by Gasteiger charge is 2.30. The zero-order chi connectivity index (χ0) is 19.0. The first kappa shape index (κ1) is 23.2. The van der Waals surface area contributed by atoms with Crippen LogP contribution in [0.4, 0.5) is 13.2 Å². The van der Waals surface area contributed by atoms with Crippen molar-refractivity contribution in [2.24, 2.45) is 10.7 Å². The van der Waals surface area contributed by atoms with Crippen molar-refractivity contribution in [2.45, 2.75) is 12.6 Å². The van der Waals surface area contributed by atoms with Gasteiger partial charge in [0.1, 0.15) is 0 Å². The van der Waals surface area contributed by atoms with Crippen molar-refractivity contribution in [3.8, 4) is 0 Å². The lowest BCUT2D eigenvalue weighted by atomic mass is 10.1. The van der Waals surface area contributed by atoms with Crippen molar-refractivity contribution in [1.29, 1.82) is 0 Å². The second-order valence-electron chi connectivity index (χ2n) is 5.35. The summed E-state index contributed by atoms with van der Waals surface area (Å²) in [5, 5.41) is 7.47. The number of halogens is 4. The molecule has 0 aliphatic heterocycles. The van der Waals surface area contributed by atoms with Gasteiger partial charge in [-0.3, -0.25) is 9.79 Å². The van der Waals surface area contributed by atoms with E-state index < -0.39 is 17.6 Å². The molecule has 0 aliphatic rings. The number of nitrogens with two attached hydrogens (primary N) is 1. The van der Waals surface area contributed by atoms with Gasteiger partial charge in [0.25, 0.3) is 5.91 Å². The Kier molecular flexibility index (Phi) is 9.56. The van der Waals surface area contributed by atoms with Gasteiger partial charge in [0.2, 0.25) is 0 Å². The molecule has 10 heteroatoms. The van der Waals surface area contributed by atoms with Crippen LogP contribution in [0.5, 0.6) is 0 Å². The molecule has 0 atom stereocenters. The van der Waals surface area contributed by atoms with Crippen LogP contribution in [-0.2, 0) is 12.6 Å². The maximum Gasteiger partial charge on any atom is 0.416 e. The number of nitrogens with one attached hydrogen (secondary N) is 2. The van der Waals surface area contributed by atoms with E-state index in [-0.39, 0.29) is 42.0 Å². The maximum atomic E-state index is 12.5. The van der Waals surface area contributed by atoms with E-state index in [1.807, 2.05) is 17.5 Å². The lowest BCUT2D eigenvalue weighted by Gasteiger charge is -2.09. The molecule has 2 aromatic rings. The third-order valence-electron chi connectivity index (χ3n) is 3.41. The Labute approximate surface area is 176 Å². The van der Waals surface area contributed by atoms with E-state index in [0.29, 0.717) is 13.1 Å². The van der Waals surface area contributed by atoms with E-state index >= 15 is 0 Å². The Morgan fingerprint density at radius 2 is 1.78 bits per heavy atom. The molecule has 1 heterocycles. The summed E-state index contributed by atoms with van der Waals surface area (Å²) in [6.45, 7) is 1.19. The highest BCUT2D eigenvalue weighted by molar-refractivity contribution is 14.0. The molecule has 0 fully saturated rings. The van der Waals surface area contributed by atoms with Crippen LogP contribution < -0.4 is 16.4 Å². The van der Waals surface area contributed by atoms with Gasteiger partial charge in [-0.15, -0.1) is 35.3 Å². The van der Waals surface area contributed by atoms with E-state index in [9.17, 15) is 18.0 Å². The molecule has 0 saturated carbocycles. The Bertz CT molecular complexity index is 734. The highest BCUT2D eigenvalue weighted by atomic mass is 127. The first-order chi connectivity index (χ1) is 12.4. The highest BCUT2D eigenvalue weighted by Crippen LogP contribution is 2.29. The monoisotopic (exact) mass is 512 g/mol. The van der Waals surface area contributed by atoms with Crippen molar-refractivity contribution >= 4 is 47.2 Å². The zero-order valence-electron chi connectivity index (χ0n) is 14.3. The van der Waals surface area contributed by atoms with E-state index in [1.54, 1.807) is 11.3 Å². The summed E-state index contributed by atoms with van der Waals surface area (Å²) in [6.07, 6.45) is -3.61. The molecule has 0 radical (unpaired) electrons. The van der Waals surface area contributed by atoms with Crippen LogP contribution in [0.2, 0.25) is 0 Å². The molecule has 0 unspecified atom stereocenters. The molecule has 5 nitrogen and oxygen atoms in total. The lowest BCUT2D eigenvalue weighted by Crippen LogP contribution is -2.38. The normalized spacial score (nSPS) is 11.6. The molecule has 0 spiro atoms. The van der Waals surface area contributed by atoms with Crippen LogP contribution in [0.1, 0.15) is 20.8 Å². The van der Waals surface area contributed by atoms with Crippen molar-refractivity contribution in [3.05, 3.63) is 57.8 Å². The summed E-state index contributed by atoms with van der Waals surface area (Å²) in [4.78, 5) is 17.3. The maximum absolute atomic E-state index is 12.5. The number of thiophene rings is 1. The minimum absolute atomic E-state index is 0. The van der Waals surface area contributed by atoms with E-state index in [4.69, 9.17) is 5.73 Å². The number of nitrogens with zero attached hydrogens (tertiary/aromatic N) is 1. The van der Waals surface area contributed by atoms with Crippen LogP contribution in [0, 0.1) is 0 Å². The fraction of sp³-hybridized carbons (Fsp3) is 0.294. The van der Waals surface area contributed by atoms with Crippen LogP contribution in [0.15, 0.2) is 46.8 Å². The number of carbonyl (C=O) groups is 1. The van der Waals surface area contributed by atoms with Crippen LogP contribution in [0.3, 0.4) is 0 Å². The molecule has 1 aromatic heterocycles. The molecular weight excluding hydrogens is 492 g/mol. The first-order valence-electron chi connectivity index (χ1n) is 7.88. The lowest BCUT2D eigenvalue weighted by molar-refractivity contribution is -0.137. The number of guanidine groups is 1. The summed E-state index contributed by atoms with van der Waals surface area (Å²) < 4.78 is 37.4. The van der Waals surface area contributed by atoms with Crippen LogP contribution in [0.25, 0.3) is 0 Å². The molecule has 27 heavy (non-hydrogen) atoms. The number of amides is 1. The van der Waals surface area contributed by atoms with Gasteiger partial charge in [-0.05, 0) is 35.7 Å². The van der Waals surface area contributed by atoms with E-state index in [1.165, 1.54) is 4.88 Å². The Hall–Kier alpha value is -1.82. The van der Waals surface area contributed by atoms with Gasteiger partial charge >= 0.3 is 6.18 Å². The molecular formula is C17H20F3IN4OS. The number of hydrogen-bond acceptors (Lipinski definition) is 3. The Morgan fingerprint density at radius 3 is 2.37 bits per heavy atom. The van der Waals surface area contributed by atoms with Gasteiger partial charge in [-0.2, -0.15) is 13.2 Å². The largest absolute Gasteiger partial charge is 0.416 e. The Balaban J connectivity index is 0.00000364. The van der Waals surface area contributed by atoms with Crippen LogP contribution in [-0.4, -0.2) is 31.5 Å². The van der Waals surface area contributed by atoms with E-state index in [2.05, 4.69) is 15.6 Å². The van der Waals surface area contributed by atoms with Crippen molar-refractivity contribution in [1.82, 2.24) is 10.6 Å². The van der Waals surface area contributed by atoms with Gasteiger partial charge in [0, 0.05) is 36.5 Å². The zero-order valence-corrected chi connectivity index (χ0v) is 17.4. The summed E-state index contributed by atoms with van der Waals surface area (Å²) in [5.41, 5.74) is 5.09. The molecule has 0 bridgehead atoms.